The monoisotopic (exact) mass is 645 g/mol. The van der Waals surface area contributed by atoms with Crippen LogP contribution < -0.4 is 19.6 Å². The van der Waals surface area contributed by atoms with Crippen LogP contribution in [0.25, 0.3) is 0 Å². The van der Waals surface area contributed by atoms with Gasteiger partial charge in [0.1, 0.15) is 12.4 Å². The molecule has 1 N–H and O–H groups in total. The molecule has 0 aromatic heterocycles. The van der Waals surface area contributed by atoms with Crippen LogP contribution in [0.15, 0.2) is 65.8 Å². The highest BCUT2D eigenvalue weighted by Gasteiger charge is 2.18. The average molecular weight is 646 g/mol. The van der Waals surface area contributed by atoms with Gasteiger partial charge in [0.2, 0.25) is 0 Å². The van der Waals surface area contributed by atoms with Gasteiger partial charge in [-0.15, -0.1) is 23.5 Å². The van der Waals surface area contributed by atoms with Crippen molar-refractivity contribution in [1.82, 2.24) is 5.43 Å². The number of nitriles is 1. The van der Waals surface area contributed by atoms with Gasteiger partial charge in [-0.2, -0.15) is 10.4 Å². The Balaban J connectivity index is 1.30. The van der Waals surface area contributed by atoms with E-state index in [0.717, 1.165) is 14.7 Å². The average Bonchev–Trinajstić information content (AvgIpc) is 3.46. The lowest BCUT2D eigenvalue weighted by atomic mass is 10.1. The Bertz CT molecular complexity index is 1310. The van der Waals surface area contributed by atoms with Crippen molar-refractivity contribution in [3.8, 4) is 23.3 Å². The number of halogens is 1. The number of carbonyl (C=O) groups is 1. The van der Waals surface area contributed by atoms with Crippen LogP contribution in [0.3, 0.4) is 0 Å². The topological polar surface area (TPSA) is 92.9 Å². The number of amides is 1. The summed E-state index contributed by atoms with van der Waals surface area (Å²) in [4.78, 5) is 12.2. The molecule has 3 aromatic rings. The molecule has 0 atom stereocenters. The van der Waals surface area contributed by atoms with Gasteiger partial charge in [-0.05, 0) is 64.0 Å². The smallest absolute Gasteiger partial charge is 0.277 e. The van der Waals surface area contributed by atoms with Crippen molar-refractivity contribution in [3.63, 3.8) is 0 Å². The number of hydrogen-bond donors (Lipinski definition) is 1. The number of rotatable bonds is 10. The van der Waals surface area contributed by atoms with Crippen LogP contribution in [-0.4, -0.2) is 37.3 Å². The number of nitrogens with one attached hydrogen (secondary N) is 1. The van der Waals surface area contributed by atoms with Gasteiger partial charge < -0.3 is 14.2 Å². The van der Waals surface area contributed by atoms with Crippen LogP contribution in [0, 0.1) is 14.9 Å². The molecular formula is C27H24IN3O4S2. The Morgan fingerprint density at radius 3 is 2.65 bits per heavy atom. The molecule has 0 spiro atoms. The first-order chi connectivity index (χ1) is 18.1. The second-order valence-electron chi connectivity index (χ2n) is 7.82. The summed E-state index contributed by atoms with van der Waals surface area (Å²) in [5.41, 5.74) is 5.84. The minimum atomic E-state index is -0.361. The molecule has 1 heterocycles. The van der Waals surface area contributed by atoms with Crippen molar-refractivity contribution in [3.05, 3.63) is 86.5 Å². The summed E-state index contributed by atoms with van der Waals surface area (Å²) in [6, 6.07) is 21.0. The number of methoxy groups -OCH3 is 1. The van der Waals surface area contributed by atoms with E-state index in [1.54, 1.807) is 19.2 Å². The summed E-state index contributed by atoms with van der Waals surface area (Å²) in [6.07, 6.45) is 1.53. The molecule has 0 saturated carbocycles. The first kappa shape index (κ1) is 27.2. The maximum atomic E-state index is 12.2. The lowest BCUT2D eigenvalue weighted by Gasteiger charge is -2.14. The first-order valence-electron chi connectivity index (χ1n) is 11.3. The normalized spacial score (nSPS) is 13.3. The lowest BCUT2D eigenvalue weighted by Crippen LogP contribution is -2.24. The largest absolute Gasteiger partial charge is 0.493 e. The van der Waals surface area contributed by atoms with Crippen LogP contribution in [0.1, 0.15) is 26.8 Å². The third kappa shape index (κ3) is 7.56. The maximum Gasteiger partial charge on any atom is 0.277 e. The van der Waals surface area contributed by atoms with Crippen molar-refractivity contribution in [1.29, 1.82) is 5.26 Å². The summed E-state index contributed by atoms with van der Waals surface area (Å²) < 4.78 is 18.3. The molecule has 0 bridgehead atoms. The van der Waals surface area contributed by atoms with Crippen LogP contribution in [0.5, 0.6) is 17.2 Å². The summed E-state index contributed by atoms with van der Waals surface area (Å²) >= 11 is 6.05. The first-order valence-corrected chi connectivity index (χ1v) is 14.5. The molecule has 1 fully saturated rings. The Hall–Kier alpha value is -2.88. The second kappa shape index (κ2) is 13.6. The van der Waals surface area contributed by atoms with Gasteiger partial charge in [0.25, 0.3) is 5.91 Å². The van der Waals surface area contributed by atoms with Crippen LogP contribution in [0.2, 0.25) is 0 Å². The molecule has 7 nitrogen and oxygen atoms in total. The van der Waals surface area contributed by atoms with Gasteiger partial charge in [0, 0.05) is 17.1 Å². The summed E-state index contributed by atoms with van der Waals surface area (Å²) in [5.74, 6) is 3.73. The van der Waals surface area contributed by atoms with E-state index in [1.807, 2.05) is 72.1 Å². The van der Waals surface area contributed by atoms with Gasteiger partial charge in [0.05, 0.1) is 33.1 Å². The Morgan fingerprint density at radius 1 is 1.16 bits per heavy atom. The summed E-state index contributed by atoms with van der Waals surface area (Å²) in [5, 5.41) is 13.3. The Kier molecular flexibility index (Phi) is 9.99. The van der Waals surface area contributed by atoms with E-state index < -0.39 is 0 Å². The fourth-order valence-corrected chi connectivity index (χ4v) is 7.13. The van der Waals surface area contributed by atoms with Gasteiger partial charge in [0.15, 0.2) is 18.1 Å². The fraction of sp³-hybridized carbons (Fsp3) is 0.222. The molecule has 1 saturated heterocycles. The highest BCUT2D eigenvalue weighted by molar-refractivity contribution is 14.1. The molecule has 10 heteroatoms. The van der Waals surface area contributed by atoms with E-state index >= 15 is 0 Å². The molecule has 1 aliphatic rings. The Labute approximate surface area is 238 Å². The predicted molar refractivity (Wildman–Crippen MR) is 157 cm³/mol. The Morgan fingerprint density at radius 2 is 1.92 bits per heavy atom. The van der Waals surface area contributed by atoms with Gasteiger partial charge in [-0.3, -0.25) is 4.79 Å². The number of hydrogen-bond acceptors (Lipinski definition) is 8. The number of nitrogens with zero attached hydrogens (tertiary/aromatic N) is 2. The molecule has 0 radical (unpaired) electrons. The zero-order valence-corrected chi connectivity index (χ0v) is 23.8. The van der Waals surface area contributed by atoms with Crippen LogP contribution in [0.4, 0.5) is 0 Å². The minimum Gasteiger partial charge on any atom is -0.493 e. The molecule has 37 heavy (non-hydrogen) atoms. The van der Waals surface area contributed by atoms with Gasteiger partial charge in [-0.25, -0.2) is 5.43 Å². The van der Waals surface area contributed by atoms with E-state index in [9.17, 15) is 10.1 Å². The molecular weight excluding hydrogens is 621 g/mol. The standard InChI is InChI=1S/C27H24IN3O4S2/c1-33-24-13-18(12-23(28)26(24)35-16-21-5-3-2-4-20(21)14-29)15-30-31-25(32)17-34-22-8-6-19(7-9-22)27-36-10-11-37-27/h2-9,12-13,15,27H,10-11,16-17H2,1H3,(H,31,32)/b30-15-. The SMILES string of the molecule is COc1cc(/C=N\NC(=O)COc2ccc(C3SCCS3)cc2)cc(I)c1OCc1ccccc1C#N. The van der Waals surface area contributed by atoms with Gasteiger partial charge in [-0.1, -0.05) is 30.3 Å². The van der Waals surface area contributed by atoms with E-state index in [1.165, 1.54) is 23.3 Å². The molecule has 4 rings (SSSR count). The molecule has 0 aliphatic carbocycles. The summed E-state index contributed by atoms with van der Waals surface area (Å²) in [6.45, 7) is 0.0994. The van der Waals surface area contributed by atoms with Gasteiger partial charge >= 0.3 is 0 Å². The molecule has 1 aliphatic heterocycles. The summed E-state index contributed by atoms with van der Waals surface area (Å²) in [7, 11) is 1.56. The van der Waals surface area contributed by atoms with E-state index in [2.05, 4.69) is 39.2 Å². The molecule has 1 amide bonds. The predicted octanol–water partition coefficient (Wildman–Crippen LogP) is 5.76. The molecule has 190 valence electrons. The van der Waals surface area contributed by atoms with Crippen molar-refractivity contribution in [2.45, 2.75) is 11.2 Å². The lowest BCUT2D eigenvalue weighted by molar-refractivity contribution is -0.123. The zero-order valence-electron chi connectivity index (χ0n) is 20.0. The minimum absolute atomic E-state index is 0.137. The number of hydrazone groups is 1. The number of benzene rings is 3. The number of thioether (sulfide) groups is 2. The highest BCUT2D eigenvalue weighted by Crippen LogP contribution is 2.45. The number of carbonyl (C=O) groups excluding carboxylic acids is 1. The maximum absolute atomic E-state index is 12.2. The third-order valence-electron chi connectivity index (χ3n) is 5.31. The van der Waals surface area contributed by atoms with Crippen LogP contribution in [-0.2, 0) is 11.4 Å². The van der Waals surface area contributed by atoms with Crippen molar-refractivity contribution < 1.29 is 19.0 Å². The van der Waals surface area contributed by atoms with Crippen molar-refractivity contribution >= 4 is 58.2 Å². The molecule has 0 unspecified atom stereocenters. The zero-order chi connectivity index (χ0) is 26.0. The number of ether oxygens (including phenoxy) is 3. The van der Waals surface area contributed by atoms with Crippen molar-refractivity contribution in [2.24, 2.45) is 5.10 Å². The quantitative estimate of drug-likeness (QED) is 0.170. The van der Waals surface area contributed by atoms with Crippen molar-refractivity contribution in [2.75, 3.05) is 25.2 Å². The van der Waals surface area contributed by atoms with E-state index in [4.69, 9.17) is 14.2 Å². The van der Waals surface area contributed by atoms with Crippen LogP contribution >= 0.6 is 46.1 Å². The van der Waals surface area contributed by atoms with E-state index in [0.29, 0.717) is 27.4 Å². The second-order valence-corrected chi connectivity index (χ2v) is 11.7. The third-order valence-corrected chi connectivity index (χ3v) is 9.21. The highest BCUT2D eigenvalue weighted by atomic mass is 127. The molecule has 3 aromatic carbocycles. The van der Waals surface area contributed by atoms with E-state index in [-0.39, 0.29) is 19.1 Å². The fourth-order valence-electron chi connectivity index (χ4n) is 3.49.